The third kappa shape index (κ3) is 5.08. The second kappa shape index (κ2) is 9.11. The van der Waals surface area contributed by atoms with Crippen LogP contribution in [0, 0.1) is 0 Å². The zero-order valence-electron chi connectivity index (χ0n) is 13.5. The lowest BCUT2D eigenvalue weighted by Crippen LogP contribution is -2.15. The van der Waals surface area contributed by atoms with Crippen molar-refractivity contribution in [1.82, 2.24) is 5.32 Å². The largest absolute Gasteiger partial charge is 0.494 e. The summed E-state index contributed by atoms with van der Waals surface area (Å²) in [6.45, 7) is 4.48. The number of rotatable bonds is 9. The molecule has 0 saturated carbocycles. The highest BCUT2D eigenvalue weighted by atomic mass is 16.5. The summed E-state index contributed by atoms with van der Waals surface area (Å²) < 4.78 is 11.3. The second-order valence-corrected chi connectivity index (χ2v) is 5.20. The molecule has 118 valence electrons. The van der Waals surface area contributed by atoms with Crippen LogP contribution in [0.5, 0.6) is 11.5 Å². The number of hydrogen-bond acceptors (Lipinski definition) is 3. The van der Waals surface area contributed by atoms with Crippen molar-refractivity contribution in [3.05, 3.63) is 48.5 Å². The Morgan fingerprint density at radius 2 is 1.27 bits per heavy atom. The SMILES string of the molecule is CCCCOc1ccc(-c2ccc(OCCNC)cc2)cc1. The van der Waals surface area contributed by atoms with Gasteiger partial charge in [-0.2, -0.15) is 0 Å². The van der Waals surface area contributed by atoms with E-state index in [1.807, 2.05) is 31.3 Å². The molecular formula is C19H25NO2. The number of nitrogens with one attached hydrogen (secondary N) is 1. The van der Waals surface area contributed by atoms with Gasteiger partial charge >= 0.3 is 0 Å². The molecule has 2 rings (SSSR count). The van der Waals surface area contributed by atoms with Gasteiger partial charge in [-0.05, 0) is 48.9 Å². The molecule has 0 bridgehead atoms. The first-order chi connectivity index (χ1) is 10.8. The molecule has 0 aliphatic carbocycles. The highest BCUT2D eigenvalue weighted by Crippen LogP contribution is 2.24. The van der Waals surface area contributed by atoms with Crippen molar-refractivity contribution in [2.24, 2.45) is 0 Å². The average molecular weight is 299 g/mol. The van der Waals surface area contributed by atoms with E-state index >= 15 is 0 Å². The number of benzene rings is 2. The molecule has 2 aromatic rings. The number of likely N-dealkylation sites (N-methyl/N-ethyl adjacent to an activating group) is 1. The summed E-state index contributed by atoms with van der Waals surface area (Å²) in [5.74, 6) is 1.84. The van der Waals surface area contributed by atoms with Gasteiger partial charge in [-0.25, -0.2) is 0 Å². The molecule has 3 heteroatoms. The predicted molar refractivity (Wildman–Crippen MR) is 91.7 cm³/mol. The molecule has 0 radical (unpaired) electrons. The van der Waals surface area contributed by atoms with Crippen LogP contribution in [0.15, 0.2) is 48.5 Å². The van der Waals surface area contributed by atoms with Gasteiger partial charge in [0.15, 0.2) is 0 Å². The summed E-state index contributed by atoms with van der Waals surface area (Å²) in [5, 5.41) is 3.06. The van der Waals surface area contributed by atoms with Gasteiger partial charge in [0, 0.05) is 6.54 Å². The molecule has 0 aliphatic heterocycles. The maximum absolute atomic E-state index is 5.69. The maximum atomic E-state index is 5.69. The zero-order valence-corrected chi connectivity index (χ0v) is 13.5. The Balaban J connectivity index is 1.93. The van der Waals surface area contributed by atoms with Crippen LogP contribution in [0.2, 0.25) is 0 Å². The molecule has 0 fully saturated rings. The Morgan fingerprint density at radius 1 is 0.773 bits per heavy atom. The fourth-order valence-corrected chi connectivity index (χ4v) is 2.09. The van der Waals surface area contributed by atoms with E-state index in [0.29, 0.717) is 6.61 Å². The number of hydrogen-bond donors (Lipinski definition) is 1. The molecule has 1 N–H and O–H groups in total. The topological polar surface area (TPSA) is 30.5 Å². The van der Waals surface area contributed by atoms with Crippen LogP contribution in [0.1, 0.15) is 19.8 Å². The van der Waals surface area contributed by atoms with Gasteiger partial charge in [0.25, 0.3) is 0 Å². The Labute approximate surface area is 133 Å². The van der Waals surface area contributed by atoms with Crippen LogP contribution in [-0.2, 0) is 0 Å². The Morgan fingerprint density at radius 3 is 1.73 bits per heavy atom. The van der Waals surface area contributed by atoms with E-state index < -0.39 is 0 Å². The van der Waals surface area contributed by atoms with Gasteiger partial charge in [-0.15, -0.1) is 0 Å². The van der Waals surface area contributed by atoms with Crippen molar-refractivity contribution in [1.29, 1.82) is 0 Å². The van der Waals surface area contributed by atoms with Gasteiger partial charge in [-0.1, -0.05) is 37.6 Å². The van der Waals surface area contributed by atoms with Crippen molar-refractivity contribution in [3.8, 4) is 22.6 Å². The van der Waals surface area contributed by atoms with Crippen LogP contribution in [0.3, 0.4) is 0 Å². The summed E-state index contributed by atoms with van der Waals surface area (Å²) in [7, 11) is 1.92. The second-order valence-electron chi connectivity index (χ2n) is 5.20. The first-order valence-corrected chi connectivity index (χ1v) is 7.94. The summed E-state index contributed by atoms with van der Waals surface area (Å²) in [6.07, 6.45) is 2.25. The van der Waals surface area contributed by atoms with Crippen LogP contribution < -0.4 is 14.8 Å². The van der Waals surface area contributed by atoms with Crippen molar-refractivity contribution in [2.75, 3.05) is 26.8 Å². The molecule has 0 amide bonds. The van der Waals surface area contributed by atoms with E-state index in [4.69, 9.17) is 9.47 Å². The fraction of sp³-hybridized carbons (Fsp3) is 0.368. The van der Waals surface area contributed by atoms with E-state index in [9.17, 15) is 0 Å². The fourth-order valence-electron chi connectivity index (χ4n) is 2.09. The minimum absolute atomic E-state index is 0.680. The first-order valence-electron chi connectivity index (χ1n) is 7.94. The zero-order chi connectivity index (χ0) is 15.6. The summed E-state index contributed by atoms with van der Waals surface area (Å²) in [5.41, 5.74) is 2.37. The van der Waals surface area contributed by atoms with E-state index in [-0.39, 0.29) is 0 Å². The number of ether oxygens (including phenoxy) is 2. The quantitative estimate of drug-likeness (QED) is 0.706. The monoisotopic (exact) mass is 299 g/mol. The lowest BCUT2D eigenvalue weighted by Gasteiger charge is -2.08. The molecule has 3 nitrogen and oxygen atoms in total. The standard InChI is InChI=1S/C19H25NO2/c1-3-4-14-21-18-9-5-16(6-10-18)17-7-11-19(12-8-17)22-15-13-20-2/h5-12,20H,3-4,13-15H2,1-2H3. The van der Waals surface area contributed by atoms with Gasteiger partial charge in [0.05, 0.1) is 6.61 Å². The van der Waals surface area contributed by atoms with E-state index in [0.717, 1.165) is 37.5 Å². The predicted octanol–water partition coefficient (Wildman–Crippen LogP) is 4.13. The first kappa shape index (κ1) is 16.4. The van der Waals surface area contributed by atoms with E-state index in [1.165, 1.54) is 11.1 Å². The highest BCUT2D eigenvalue weighted by Gasteiger charge is 2.00. The van der Waals surface area contributed by atoms with Crippen molar-refractivity contribution >= 4 is 0 Å². The lowest BCUT2D eigenvalue weighted by molar-refractivity contribution is 0.309. The molecule has 0 heterocycles. The van der Waals surface area contributed by atoms with Gasteiger partial charge in [0.1, 0.15) is 18.1 Å². The Kier molecular flexibility index (Phi) is 6.78. The maximum Gasteiger partial charge on any atom is 0.119 e. The summed E-state index contributed by atoms with van der Waals surface area (Å²) in [6, 6.07) is 16.4. The highest BCUT2D eigenvalue weighted by molar-refractivity contribution is 5.64. The molecule has 0 aromatic heterocycles. The molecular weight excluding hydrogens is 274 g/mol. The third-order valence-electron chi connectivity index (χ3n) is 3.43. The smallest absolute Gasteiger partial charge is 0.119 e. The molecule has 0 saturated heterocycles. The van der Waals surface area contributed by atoms with Gasteiger partial charge < -0.3 is 14.8 Å². The Hall–Kier alpha value is -2.00. The minimum Gasteiger partial charge on any atom is -0.494 e. The van der Waals surface area contributed by atoms with Crippen LogP contribution in [0.4, 0.5) is 0 Å². The Bertz CT molecular complexity index is 483. The number of unbranched alkanes of at least 4 members (excludes halogenated alkanes) is 1. The van der Waals surface area contributed by atoms with E-state index in [2.05, 4.69) is 36.5 Å². The van der Waals surface area contributed by atoms with Crippen molar-refractivity contribution in [3.63, 3.8) is 0 Å². The molecule has 22 heavy (non-hydrogen) atoms. The lowest BCUT2D eigenvalue weighted by atomic mass is 10.1. The van der Waals surface area contributed by atoms with Gasteiger partial charge in [0.2, 0.25) is 0 Å². The van der Waals surface area contributed by atoms with E-state index in [1.54, 1.807) is 0 Å². The minimum atomic E-state index is 0.680. The molecule has 0 atom stereocenters. The summed E-state index contributed by atoms with van der Waals surface area (Å²) in [4.78, 5) is 0. The molecule has 0 spiro atoms. The summed E-state index contributed by atoms with van der Waals surface area (Å²) >= 11 is 0. The average Bonchev–Trinajstić information content (AvgIpc) is 2.57. The van der Waals surface area contributed by atoms with Crippen molar-refractivity contribution < 1.29 is 9.47 Å². The van der Waals surface area contributed by atoms with Gasteiger partial charge in [-0.3, -0.25) is 0 Å². The van der Waals surface area contributed by atoms with Crippen molar-refractivity contribution in [2.45, 2.75) is 19.8 Å². The molecule has 2 aromatic carbocycles. The van der Waals surface area contributed by atoms with Crippen LogP contribution >= 0.6 is 0 Å². The van der Waals surface area contributed by atoms with Crippen LogP contribution in [0.25, 0.3) is 11.1 Å². The third-order valence-corrected chi connectivity index (χ3v) is 3.43. The van der Waals surface area contributed by atoms with Crippen LogP contribution in [-0.4, -0.2) is 26.8 Å². The molecule has 0 aliphatic rings. The molecule has 0 unspecified atom stereocenters. The normalized spacial score (nSPS) is 10.5.